The van der Waals surface area contributed by atoms with E-state index in [0.29, 0.717) is 0 Å². The molecule has 6 aromatic carbocycles. The molecule has 0 spiro atoms. The van der Waals surface area contributed by atoms with Crippen LogP contribution in [0.25, 0.3) is 21.2 Å². The van der Waals surface area contributed by atoms with Gasteiger partial charge in [0.05, 0.1) is 17.1 Å². The van der Waals surface area contributed by atoms with E-state index in [4.69, 9.17) is 0 Å². The van der Waals surface area contributed by atoms with Crippen molar-refractivity contribution in [1.29, 1.82) is 0 Å². The monoisotopic (exact) mass is 1080 g/mol. The summed E-state index contributed by atoms with van der Waals surface area (Å²) < 4.78 is 2.90. The summed E-state index contributed by atoms with van der Waals surface area (Å²) in [6, 6.07) is 36.1. The summed E-state index contributed by atoms with van der Waals surface area (Å²) in [4.78, 5) is 5.71. The van der Waals surface area contributed by atoms with Gasteiger partial charge in [-0.15, -0.1) is 11.3 Å². The topological polar surface area (TPSA) is 6.48 Å². The van der Waals surface area contributed by atoms with Crippen LogP contribution in [0, 0.1) is 13.8 Å². The van der Waals surface area contributed by atoms with Gasteiger partial charge in [-0.2, -0.15) is 0 Å². The Bertz CT molecular complexity index is 3820. The van der Waals surface area contributed by atoms with Gasteiger partial charge in [0.1, 0.15) is 0 Å². The quantitative estimate of drug-likeness (QED) is 0.163. The number of aryl methyl sites for hydroxylation is 2. The van der Waals surface area contributed by atoms with Gasteiger partial charge in [-0.05, 0) is 240 Å². The second-order valence-electron chi connectivity index (χ2n) is 32.9. The van der Waals surface area contributed by atoms with Gasteiger partial charge in [0.15, 0.2) is 0 Å². The Hall–Kier alpha value is -5.06. The number of hydrogen-bond acceptors (Lipinski definition) is 3. The van der Waals surface area contributed by atoms with Crippen LogP contribution in [0.3, 0.4) is 0 Å². The molecule has 0 amide bonds. The van der Waals surface area contributed by atoms with E-state index < -0.39 is 0 Å². The average Bonchev–Trinajstić information content (AvgIpc) is 3.74. The van der Waals surface area contributed by atoms with E-state index in [-0.39, 0.29) is 55.4 Å². The lowest BCUT2D eigenvalue weighted by atomic mass is 9.35. The van der Waals surface area contributed by atoms with Gasteiger partial charge in [-0.3, -0.25) is 0 Å². The minimum Gasteiger partial charge on any atom is -0.311 e. The standard InChI is InChI=1S/C76H93BN2S/c1-44-37-59-64-60(38-44)79(58-24-22-23-50-62(58)75(18,19)35-33-69(50,6)7)66-56(27-26-51-63(66)76(20,21)36-34-70(51,8)9)77(64)67-65(49-42-54-55(43-61(49)80-67)74(16,17)32-31-73(54,14)15)78(59)57-28-25-46(68(3,4)5)40-48(57)47-41-53-52(39-45(47)2)71(10,11)29-30-72(53,12)13/h22-28,37-43H,29-36H2,1-21H3. The van der Waals surface area contributed by atoms with Gasteiger partial charge in [0.2, 0.25) is 0 Å². The van der Waals surface area contributed by atoms with E-state index in [1.165, 1.54) is 160 Å². The van der Waals surface area contributed by atoms with Crippen molar-refractivity contribution in [3.63, 3.8) is 0 Å². The molecule has 3 heterocycles. The van der Waals surface area contributed by atoms with Crippen LogP contribution in [0.2, 0.25) is 0 Å². The van der Waals surface area contributed by atoms with Crippen LogP contribution in [0.4, 0.5) is 34.1 Å². The summed E-state index contributed by atoms with van der Waals surface area (Å²) in [5.74, 6) is 0. The Morgan fingerprint density at radius 1 is 0.425 bits per heavy atom. The highest BCUT2D eigenvalue weighted by molar-refractivity contribution is 7.33. The third kappa shape index (κ3) is 7.73. The largest absolute Gasteiger partial charge is 0.311 e. The van der Waals surface area contributed by atoms with Crippen molar-refractivity contribution in [2.75, 3.05) is 9.80 Å². The molecule has 80 heavy (non-hydrogen) atoms. The second-order valence-corrected chi connectivity index (χ2v) is 34.0. The number of fused-ring (bicyclic) bond motifs is 11. The van der Waals surface area contributed by atoms with Crippen LogP contribution in [-0.4, -0.2) is 6.71 Å². The van der Waals surface area contributed by atoms with E-state index >= 15 is 0 Å². The molecular weight excluding hydrogens is 984 g/mol. The highest BCUT2D eigenvalue weighted by atomic mass is 32.1. The molecule has 7 aromatic rings. The van der Waals surface area contributed by atoms with E-state index in [1.54, 1.807) is 11.1 Å². The van der Waals surface area contributed by atoms with Crippen molar-refractivity contribution >= 4 is 78.0 Å². The second kappa shape index (κ2) is 16.8. The molecule has 0 bridgehead atoms. The Morgan fingerprint density at radius 3 is 1.49 bits per heavy atom. The lowest BCUT2D eigenvalue weighted by Gasteiger charge is -2.51. The zero-order chi connectivity index (χ0) is 57.4. The maximum atomic E-state index is 2.88. The van der Waals surface area contributed by atoms with Crippen LogP contribution >= 0.6 is 11.3 Å². The molecule has 2 aliphatic heterocycles. The molecule has 0 saturated heterocycles. The fourth-order valence-corrected chi connectivity index (χ4v) is 18.1. The Labute approximate surface area is 487 Å². The van der Waals surface area contributed by atoms with E-state index in [2.05, 4.69) is 251 Å². The summed E-state index contributed by atoms with van der Waals surface area (Å²) >= 11 is 2.11. The molecule has 0 saturated carbocycles. The van der Waals surface area contributed by atoms with Gasteiger partial charge < -0.3 is 9.80 Å². The summed E-state index contributed by atoms with van der Waals surface area (Å²) in [6.07, 6.45) is 9.44. The first-order valence-electron chi connectivity index (χ1n) is 31.1. The Kier molecular flexibility index (Phi) is 11.4. The highest BCUT2D eigenvalue weighted by Crippen LogP contribution is 2.60. The van der Waals surface area contributed by atoms with E-state index in [9.17, 15) is 0 Å². The maximum absolute atomic E-state index is 2.88. The van der Waals surface area contributed by atoms with Crippen molar-refractivity contribution in [3.05, 3.63) is 146 Å². The van der Waals surface area contributed by atoms with Crippen molar-refractivity contribution in [2.45, 2.75) is 245 Å². The lowest BCUT2D eigenvalue weighted by Crippen LogP contribution is -2.61. The van der Waals surface area contributed by atoms with Crippen LogP contribution in [-0.2, 0) is 48.7 Å². The number of rotatable bonds is 3. The number of anilines is 6. The highest BCUT2D eigenvalue weighted by Gasteiger charge is 2.52. The normalized spacial score (nSPS) is 21.6. The molecule has 6 aliphatic rings. The maximum Gasteiger partial charge on any atom is 0.264 e. The van der Waals surface area contributed by atoms with Crippen LogP contribution in [0.15, 0.2) is 84.9 Å². The fraction of sp³-hybridized carbons (Fsp3) is 0.500. The Balaban J connectivity index is 1.20. The molecule has 4 aliphatic carbocycles. The Morgan fingerprint density at radius 2 is 0.912 bits per heavy atom. The predicted molar refractivity (Wildman–Crippen MR) is 351 cm³/mol. The van der Waals surface area contributed by atoms with Crippen LogP contribution in [0.5, 0.6) is 0 Å². The molecular formula is C76H93BN2S. The first kappa shape index (κ1) is 54.2. The molecule has 1 aromatic heterocycles. The molecule has 0 N–H and O–H groups in total. The average molecular weight is 1080 g/mol. The molecule has 4 heteroatoms. The fourth-order valence-electron chi connectivity index (χ4n) is 16.7. The molecule has 0 atom stereocenters. The van der Waals surface area contributed by atoms with Gasteiger partial charge in [0.25, 0.3) is 6.71 Å². The third-order valence-electron chi connectivity index (χ3n) is 22.4. The van der Waals surface area contributed by atoms with Crippen LogP contribution in [0.1, 0.15) is 244 Å². The number of nitrogens with zero attached hydrogens (tertiary/aromatic N) is 2. The molecule has 0 unspecified atom stereocenters. The zero-order valence-electron chi connectivity index (χ0n) is 53.1. The summed E-state index contributed by atoms with van der Waals surface area (Å²) in [5.41, 5.74) is 30.4. The molecule has 2 nitrogen and oxygen atoms in total. The number of hydrogen-bond donors (Lipinski definition) is 0. The lowest BCUT2D eigenvalue weighted by molar-refractivity contribution is 0.331. The van der Waals surface area contributed by atoms with Gasteiger partial charge in [-0.25, -0.2) is 0 Å². The molecule has 0 fully saturated rings. The van der Waals surface area contributed by atoms with Crippen molar-refractivity contribution in [3.8, 4) is 11.1 Å². The predicted octanol–water partition coefficient (Wildman–Crippen LogP) is 20.0. The molecule has 13 rings (SSSR count). The SMILES string of the molecule is Cc1cc2c3c(c1)N(c1ccc(C(C)(C)C)cc1-c1cc4c(cc1C)C(C)(C)CCC4(C)C)c1c(sc4cc5c(cc14)C(C)(C)CCC5(C)C)B3c1ccc3c(c1N2c1cccc2c1C(C)(C)CCC2(C)C)C(C)(C)CCC3(C)C. The van der Waals surface area contributed by atoms with Gasteiger partial charge in [-0.1, -0.05) is 168 Å². The molecule has 0 radical (unpaired) electrons. The van der Waals surface area contributed by atoms with Crippen molar-refractivity contribution < 1.29 is 0 Å². The minimum absolute atomic E-state index is 0.0163. The summed E-state index contributed by atoms with van der Waals surface area (Å²) in [7, 11) is 0. The van der Waals surface area contributed by atoms with E-state index in [0.717, 1.165) is 12.8 Å². The summed E-state index contributed by atoms with van der Waals surface area (Å²) in [6.45, 7) is 52.3. The van der Waals surface area contributed by atoms with Crippen molar-refractivity contribution in [1.82, 2.24) is 0 Å². The molecule has 416 valence electrons. The number of thiophene rings is 1. The first-order chi connectivity index (χ1) is 37.1. The minimum atomic E-state index is -0.0489. The van der Waals surface area contributed by atoms with Gasteiger partial charge in [0, 0.05) is 37.5 Å². The first-order valence-corrected chi connectivity index (χ1v) is 31.9. The smallest absolute Gasteiger partial charge is 0.264 e. The van der Waals surface area contributed by atoms with Crippen molar-refractivity contribution in [2.24, 2.45) is 0 Å². The van der Waals surface area contributed by atoms with Gasteiger partial charge >= 0.3 is 0 Å². The van der Waals surface area contributed by atoms with E-state index in [1.807, 2.05) is 0 Å². The summed E-state index contributed by atoms with van der Waals surface area (Å²) in [5, 5.41) is 1.41. The van der Waals surface area contributed by atoms with Crippen LogP contribution < -0.4 is 25.5 Å². The number of benzene rings is 6. The third-order valence-corrected chi connectivity index (χ3v) is 23.6. The zero-order valence-corrected chi connectivity index (χ0v) is 53.9.